The number of carboxylic acid groups (broad SMARTS) is 3. The largest absolute Gasteiger partial charge is 3.00 e. The second kappa shape index (κ2) is 41.6. The van der Waals surface area contributed by atoms with Gasteiger partial charge in [-0.3, -0.25) is 0 Å². The van der Waals surface area contributed by atoms with Crippen molar-refractivity contribution in [3.05, 3.63) is 38.0 Å². The summed E-state index contributed by atoms with van der Waals surface area (Å²) >= 11 is 0. The molecule has 0 aromatic rings. The Balaban J connectivity index is -0.000000240. The van der Waals surface area contributed by atoms with E-state index in [9.17, 15) is 29.7 Å². The van der Waals surface area contributed by atoms with Gasteiger partial charge in [0.25, 0.3) is 0 Å². The topological polar surface area (TPSA) is 120 Å². The number of hydrogen-bond acceptors (Lipinski definition) is 6. The fourth-order valence-corrected chi connectivity index (χ4v) is 3.80. The van der Waals surface area contributed by atoms with E-state index in [4.69, 9.17) is 0 Å². The molecule has 0 fully saturated rings. The maximum atomic E-state index is 10.1. The number of carbonyl (C=O) groups excluding carboxylic acids is 3. The summed E-state index contributed by atoms with van der Waals surface area (Å²) in [5.41, 5.74) is 0. The molecule has 0 saturated carbocycles. The van der Waals surface area contributed by atoms with Crippen LogP contribution in [0.5, 0.6) is 0 Å². The Morgan fingerprint density at radius 1 is 0.375 bits per heavy atom. The average molecular weight is 577 g/mol. The van der Waals surface area contributed by atoms with E-state index in [1.807, 2.05) is 18.2 Å². The van der Waals surface area contributed by atoms with Gasteiger partial charge in [0.2, 0.25) is 0 Å². The summed E-state index contributed by atoms with van der Waals surface area (Å²) < 4.78 is 0. The molecule has 0 heterocycles. The Kier molecular flexibility index (Phi) is 47.0. The van der Waals surface area contributed by atoms with E-state index >= 15 is 0 Å². The van der Waals surface area contributed by atoms with Gasteiger partial charge in [-0.1, -0.05) is 95.3 Å². The number of rotatable bonds is 27. The van der Waals surface area contributed by atoms with Crippen LogP contribution in [-0.4, -0.2) is 35.3 Å². The molecule has 7 heteroatoms. The Labute approximate surface area is 256 Å². The molecule has 0 radical (unpaired) electrons. The molecular formula is C33H57AlO6. The Hall–Kier alpha value is -1.84. The van der Waals surface area contributed by atoms with Crippen LogP contribution in [0.15, 0.2) is 38.0 Å². The summed E-state index contributed by atoms with van der Waals surface area (Å²) in [5, 5.41) is 30.2. The number of carbonyl (C=O) groups is 3. The first-order valence-electron chi connectivity index (χ1n) is 15.2. The van der Waals surface area contributed by atoms with Crippen LogP contribution >= 0.6 is 0 Å². The van der Waals surface area contributed by atoms with Crippen molar-refractivity contribution < 1.29 is 29.7 Å². The van der Waals surface area contributed by atoms with Gasteiger partial charge in [0.15, 0.2) is 0 Å². The van der Waals surface area contributed by atoms with Crippen LogP contribution in [0.2, 0.25) is 0 Å². The number of hydrogen-bond donors (Lipinski definition) is 0. The Bertz CT molecular complexity index is 511. The molecule has 0 aliphatic heterocycles. The van der Waals surface area contributed by atoms with Crippen LogP contribution < -0.4 is 15.3 Å². The predicted molar refractivity (Wildman–Crippen MR) is 162 cm³/mol. The number of aliphatic carboxylic acids is 3. The first kappa shape index (κ1) is 45.2. The van der Waals surface area contributed by atoms with Crippen molar-refractivity contribution in [2.24, 2.45) is 0 Å². The van der Waals surface area contributed by atoms with Crippen molar-refractivity contribution in [3.8, 4) is 0 Å². The summed E-state index contributed by atoms with van der Waals surface area (Å²) in [6.07, 6.45) is 29.5. The summed E-state index contributed by atoms with van der Waals surface area (Å²) in [5.74, 6) is -2.77. The van der Waals surface area contributed by atoms with Gasteiger partial charge in [-0.2, -0.15) is 0 Å². The first-order chi connectivity index (χ1) is 18.8. The van der Waals surface area contributed by atoms with Crippen LogP contribution in [0.3, 0.4) is 0 Å². The molecule has 40 heavy (non-hydrogen) atoms. The third-order valence-electron chi connectivity index (χ3n) is 6.12. The van der Waals surface area contributed by atoms with Crippen LogP contribution in [0, 0.1) is 0 Å². The van der Waals surface area contributed by atoms with Crippen LogP contribution in [0.4, 0.5) is 0 Å². The molecule has 0 aliphatic rings. The van der Waals surface area contributed by atoms with Crippen molar-refractivity contribution in [2.45, 2.75) is 154 Å². The molecule has 0 aromatic carbocycles. The van der Waals surface area contributed by atoms with Gasteiger partial charge >= 0.3 is 17.4 Å². The standard InChI is InChI=1S/3C11H20O2.Al/c3*1-2-3-4-5-6-7-8-9-10-11(12)13;/h3*2H,1,3-10H2,(H,12,13);/q;;;+3/p-3. The van der Waals surface area contributed by atoms with E-state index in [0.717, 1.165) is 77.0 Å². The predicted octanol–water partition coefficient (Wildman–Crippen LogP) is 5.75. The third-order valence-corrected chi connectivity index (χ3v) is 6.12. The van der Waals surface area contributed by atoms with Gasteiger partial charge in [0, 0.05) is 17.9 Å². The molecule has 0 aliphatic carbocycles. The van der Waals surface area contributed by atoms with Gasteiger partial charge in [0.05, 0.1) is 0 Å². The van der Waals surface area contributed by atoms with Crippen molar-refractivity contribution in [2.75, 3.05) is 0 Å². The SMILES string of the molecule is C=CCCCCCCCCC(=O)[O-].C=CCCCCCCCCC(=O)[O-].C=CCCCCCCCCC(=O)[O-].[Al+3]. The summed E-state index contributed by atoms with van der Waals surface area (Å²) in [6.45, 7) is 11.0. The number of allylic oxidation sites excluding steroid dienone is 3. The van der Waals surface area contributed by atoms with E-state index < -0.39 is 17.9 Å². The summed E-state index contributed by atoms with van der Waals surface area (Å²) in [6, 6.07) is 0. The molecule has 0 saturated heterocycles. The summed E-state index contributed by atoms with van der Waals surface area (Å²) in [4.78, 5) is 30.2. The fourth-order valence-electron chi connectivity index (χ4n) is 3.80. The molecule has 0 spiro atoms. The molecule has 228 valence electrons. The smallest absolute Gasteiger partial charge is 0.550 e. The maximum Gasteiger partial charge on any atom is 3.00 e. The molecule has 6 nitrogen and oxygen atoms in total. The number of carboxylic acids is 3. The zero-order valence-electron chi connectivity index (χ0n) is 25.4. The van der Waals surface area contributed by atoms with E-state index in [-0.39, 0.29) is 36.6 Å². The van der Waals surface area contributed by atoms with Crippen LogP contribution in [-0.2, 0) is 14.4 Å². The quantitative estimate of drug-likeness (QED) is 0.0698. The molecule has 0 amide bonds. The zero-order valence-corrected chi connectivity index (χ0v) is 26.5. The van der Waals surface area contributed by atoms with Gasteiger partial charge < -0.3 is 29.7 Å². The Morgan fingerprint density at radius 3 is 0.725 bits per heavy atom. The maximum absolute atomic E-state index is 10.1. The minimum absolute atomic E-state index is 0. The molecule has 0 aromatic heterocycles. The van der Waals surface area contributed by atoms with Crippen LogP contribution in [0.1, 0.15) is 154 Å². The minimum Gasteiger partial charge on any atom is -0.550 e. The zero-order chi connectivity index (χ0) is 29.8. The summed E-state index contributed by atoms with van der Waals surface area (Å²) in [7, 11) is 0. The molecular weight excluding hydrogens is 519 g/mol. The molecule has 0 unspecified atom stereocenters. The van der Waals surface area contributed by atoms with Crippen molar-refractivity contribution in [1.82, 2.24) is 0 Å². The minimum atomic E-state index is -0.924. The molecule has 0 atom stereocenters. The second-order valence-electron chi connectivity index (χ2n) is 9.96. The van der Waals surface area contributed by atoms with Gasteiger partial charge in [-0.05, 0) is 77.0 Å². The first-order valence-corrected chi connectivity index (χ1v) is 15.2. The van der Waals surface area contributed by atoms with Gasteiger partial charge in [-0.25, -0.2) is 0 Å². The average Bonchev–Trinajstić information content (AvgIpc) is 2.89. The normalized spacial score (nSPS) is 9.60. The monoisotopic (exact) mass is 576 g/mol. The van der Waals surface area contributed by atoms with Gasteiger partial charge in [0.1, 0.15) is 0 Å². The molecule has 0 bridgehead atoms. The van der Waals surface area contributed by atoms with Crippen molar-refractivity contribution in [3.63, 3.8) is 0 Å². The third kappa shape index (κ3) is 56.4. The van der Waals surface area contributed by atoms with E-state index in [2.05, 4.69) is 19.7 Å². The van der Waals surface area contributed by atoms with Crippen molar-refractivity contribution >= 4 is 35.3 Å². The van der Waals surface area contributed by atoms with E-state index in [1.54, 1.807) is 0 Å². The fraction of sp³-hybridized carbons (Fsp3) is 0.727. The van der Waals surface area contributed by atoms with Crippen molar-refractivity contribution in [1.29, 1.82) is 0 Å². The molecule has 0 N–H and O–H groups in total. The molecule has 0 rings (SSSR count). The van der Waals surface area contributed by atoms with Crippen LogP contribution in [0.25, 0.3) is 0 Å². The van der Waals surface area contributed by atoms with E-state index in [1.165, 1.54) is 57.8 Å². The van der Waals surface area contributed by atoms with E-state index in [0.29, 0.717) is 0 Å². The van der Waals surface area contributed by atoms with Gasteiger partial charge in [-0.15, -0.1) is 19.7 Å². The number of unbranched alkanes of at least 4 members (excludes halogenated alkanes) is 18. The Morgan fingerprint density at radius 2 is 0.550 bits per heavy atom. The second-order valence-corrected chi connectivity index (χ2v) is 9.96.